The second-order valence-corrected chi connectivity index (χ2v) is 13.7. The quantitative estimate of drug-likeness (QED) is 0.251. The first-order valence-electron chi connectivity index (χ1n) is 16.1. The van der Waals surface area contributed by atoms with Crippen molar-refractivity contribution in [1.29, 1.82) is 0 Å². The molecule has 1 aromatic rings. The maximum Gasteiger partial charge on any atom is 0.289 e. The van der Waals surface area contributed by atoms with Gasteiger partial charge >= 0.3 is 0 Å². The number of carbonyl (C=O) groups is 6. The molecule has 3 fully saturated rings. The van der Waals surface area contributed by atoms with Gasteiger partial charge in [0.05, 0.1) is 12.2 Å². The van der Waals surface area contributed by atoms with Crippen molar-refractivity contribution in [3.63, 3.8) is 0 Å². The van der Waals surface area contributed by atoms with Crippen molar-refractivity contribution in [3.05, 3.63) is 24.3 Å². The van der Waals surface area contributed by atoms with Crippen LogP contribution in [0.3, 0.4) is 0 Å². The third-order valence-electron chi connectivity index (χ3n) is 9.03. The first-order chi connectivity index (χ1) is 21.3. The number of amides is 5. The van der Waals surface area contributed by atoms with Gasteiger partial charge < -0.3 is 26.2 Å². The van der Waals surface area contributed by atoms with E-state index in [1.165, 1.54) is 25.5 Å². The molecule has 1 aliphatic heterocycles. The lowest BCUT2D eigenvalue weighted by atomic mass is 9.79. The van der Waals surface area contributed by atoms with Gasteiger partial charge in [-0.3, -0.25) is 33.8 Å². The fourth-order valence-electron chi connectivity index (χ4n) is 6.39. The van der Waals surface area contributed by atoms with Crippen molar-refractivity contribution in [1.82, 2.24) is 36.1 Å². The SMILES string of the molecule is CCCC(NC(=O)[C@@H]1C2CCCC2CCN1C(=O)C(NC(=O)[C@H](C)NC(=O)c1cnccn1)C(C)(C)C)C(=O)C(=O)NC1CC1. The van der Waals surface area contributed by atoms with E-state index in [0.29, 0.717) is 19.4 Å². The fourth-order valence-corrected chi connectivity index (χ4v) is 6.39. The molecule has 2 saturated carbocycles. The number of aromatic nitrogens is 2. The predicted octanol–water partition coefficient (Wildman–Crippen LogP) is 1.28. The van der Waals surface area contributed by atoms with Gasteiger partial charge in [0.25, 0.3) is 11.8 Å². The van der Waals surface area contributed by atoms with Gasteiger partial charge in [0, 0.05) is 25.0 Å². The Hall–Kier alpha value is -3.90. The number of hydrogen-bond donors (Lipinski definition) is 4. The van der Waals surface area contributed by atoms with Gasteiger partial charge in [-0.25, -0.2) is 4.98 Å². The molecule has 13 nitrogen and oxygen atoms in total. The van der Waals surface area contributed by atoms with E-state index < -0.39 is 64.9 Å². The number of nitrogens with zero attached hydrogens (tertiary/aromatic N) is 3. The molecule has 6 atom stereocenters. The molecule has 4 unspecified atom stereocenters. The largest absolute Gasteiger partial charge is 0.347 e. The van der Waals surface area contributed by atoms with Crippen LogP contribution in [0.1, 0.15) is 96.5 Å². The second kappa shape index (κ2) is 14.5. The Balaban J connectivity index is 1.52. The molecule has 2 heterocycles. The van der Waals surface area contributed by atoms with E-state index in [4.69, 9.17) is 0 Å². The molecule has 4 rings (SSSR count). The predicted molar refractivity (Wildman–Crippen MR) is 164 cm³/mol. The first kappa shape index (κ1) is 34.0. The normalized spacial score (nSPS) is 23.1. The summed E-state index contributed by atoms with van der Waals surface area (Å²) < 4.78 is 0. The number of nitrogens with one attached hydrogen (secondary N) is 4. The standard InChI is InChI=1S/C32H47N7O6/c1-6-8-22(25(40)30(44)36-20-11-12-20)37-29(43)24-21-10-7-9-19(21)13-16-39(24)31(45)26(32(3,4)5)38-27(41)18(2)35-28(42)23-17-33-14-15-34-23/h14-15,17-22,24,26H,6-13,16H2,1-5H3,(H,35,42)(H,36,44)(H,37,43)(H,38,41)/t18-,19?,21?,22?,24-,26?/m0/s1. The summed E-state index contributed by atoms with van der Waals surface area (Å²) >= 11 is 0. The highest BCUT2D eigenvalue weighted by molar-refractivity contribution is 6.38. The Bertz CT molecular complexity index is 1280. The van der Waals surface area contributed by atoms with E-state index in [1.54, 1.807) is 4.90 Å². The van der Waals surface area contributed by atoms with Crippen LogP contribution in [0, 0.1) is 17.3 Å². The van der Waals surface area contributed by atoms with Crippen LogP contribution in [0.15, 0.2) is 18.6 Å². The zero-order chi connectivity index (χ0) is 32.9. The number of hydrogen-bond acceptors (Lipinski definition) is 8. The van der Waals surface area contributed by atoms with Gasteiger partial charge in [-0.2, -0.15) is 0 Å². The van der Waals surface area contributed by atoms with Crippen molar-refractivity contribution in [2.45, 2.75) is 116 Å². The lowest BCUT2D eigenvalue weighted by molar-refractivity contribution is -0.151. The Morgan fingerprint density at radius 2 is 1.71 bits per heavy atom. The summed E-state index contributed by atoms with van der Waals surface area (Å²) in [6, 6.07) is -3.81. The van der Waals surface area contributed by atoms with E-state index in [0.717, 1.165) is 38.5 Å². The molecule has 4 N–H and O–H groups in total. The molecule has 1 saturated heterocycles. The Labute approximate surface area is 264 Å². The van der Waals surface area contributed by atoms with Crippen LogP contribution in [0.2, 0.25) is 0 Å². The van der Waals surface area contributed by atoms with Crippen LogP contribution in [0.5, 0.6) is 0 Å². The van der Waals surface area contributed by atoms with Gasteiger partial charge in [0.15, 0.2) is 0 Å². The van der Waals surface area contributed by atoms with E-state index in [1.807, 2.05) is 27.7 Å². The number of likely N-dealkylation sites (tertiary alicyclic amines) is 1. The maximum atomic E-state index is 14.3. The molecule has 0 bridgehead atoms. The van der Waals surface area contributed by atoms with Crippen molar-refractivity contribution in [3.8, 4) is 0 Å². The van der Waals surface area contributed by atoms with Crippen molar-refractivity contribution in [2.24, 2.45) is 17.3 Å². The molecule has 0 aromatic carbocycles. The average molecular weight is 626 g/mol. The molecule has 5 amide bonds. The number of ketones is 1. The molecule has 0 radical (unpaired) electrons. The molecular formula is C32H47N7O6. The van der Waals surface area contributed by atoms with Crippen LogP contribution in [0.25, 0.3) is 0 Å². The Morgan fingerprint density at radius 1 is 0.978 bits per heavy atom. The van der Waals surface area contributed by atoms with E-state index in [2.05, 4.69) is 31.2 Å². The molecule has 45 heavy (non-hydrogen) atoms. The number of Topliss-reactive ketones (excluding diaryl/α,β-unsaturated/α-hetero) is 1. The number of fused-ring (bicyclic) bond motifs is 1. The minimum atomic E-state index is -1.01. The summed E-state index contributed by atoms with van der Waals surface area (Å²) in [4.78, 5) is 89.2. The monoisotopic (exact) mass is 625 g/mol. The highest BCUT2D eigenvalue weighted by atomic mass is 16.2. The summed E-state index contributed by atoms with van der Waals surface area (Å²) in [5.41, 5.74) is -0.685. The minimum absolute atomic E-state index is 0.0118. The zero-order valence-corrected chi connectivity index (χ0v) is 26.9. The minimum Gasteiger partial charge on any atom is -0.347 e. The zero-order valence-electron chi connectivity index (χ0n) is 26.9. The molecule has 1 aromatic heterocycles. The van der Waals surface area contributed by atoms with Gasteiger partial charge in [0.2, 0.25) is 23.5 Å². The lowest BCUT2D eigenvalue weighted by Gasteiger charge is -2.45. The third kappa shape index (κ3) is 8.43. The van der Waals surface area contributed by atoms with Gasteiger partial charge in [-0.05, 0) is 56.3 Å². The van der Waals surface area contributed by atoms with Crippen LogP contribution < -0.4 is 21.3 Å². The van der Waals surface area contributed by atoms with E-state index >= 15 is 0 Å². The maximum absolute atomic E-state index is 14.3. The summed E-state index contributed by atoms with van der Waals surface area (Å²) in [5, 5.41) is 11.0. The smallest absolute Gasteiger partial charge is 0.289 e. The topological polar surface area (TPSA) is 180 Å². The summed E-state index contributed by atoms with van der Waals surface area (Å²) in [5.74, 6) is -3.19. The highest BCUT2D eigenvalue weighted by Crippen LogP contribution is 2.42. The Kier molecular flexibility index (Phi) is 10.9. The van der Waals surface area contributed by atoms with Gasteiger partial charge in [0.1, 0.15) is 23.8 Å². The van der Waals surface area contributed by atoms with Crippen LogP contribution in [-0.4, -0.2) is 86.9 Å². The van der Waals surface area contributed by atoms with Crippen LogP contribution in [0.4, 0.5) is 0 Å². The summed E-state index contributed by atoms with van der Waals surface area (Å²) in [7, 11) is 0. The van der Waals surface area contributed by atoms with Crippen LogP contribution in [-0.2, 0) is 24.0 Å². The molecular weight excluding hydrogens is 578 g/mol. The van der Waals surface area contributed by atoms with Crippen LogP contribution >= 0.6 is 0 Å². The summed E-state index contributed by atoms with van der Waals surface area (Å²) in [6.07, 6.45) is 10.0. The average Bonchev–Trinajstić information content (AvgIpc) is 3.69. The van der Waals surface area contributed by atoms with E-state index in [-0.39, 0.29) is 23.6 Å². The fraction of sp³-hybridized carbons (Fsp3) is 0.688. The molecule has 3 aliphatic rings. The number of carbonyl (C=O) groups excluding carboxylic acids is 6. The summed E-state index contributed by atoms with van der Waals surface area (Å²) in [6.45, 7) is 9.19. The molecule has 13 heteroatoms. The second-order valence-electron chi connectivity index (χ2n) is 13.7. The lowest BCUT2D eigenvalue weighted by Crippen LogP contribution is -2.65. The molecule has 0 spiro atoms. The molecule has 246 valence electrons. The molecule has 2 aliphatic carbocycles. The number of piperidine rings is 1. The third-order valence-corrected chi connectivity index (χ3v) is 9.03. The Morgan fingerprint density at radius 3 is 2.33 bits per heavy atom. The van der Waals surface area contributed by atoms with Crippen molar-refractivity contribution < 1.29 is 28.8 Å². The highest BCUT2D eigenvalue weighted by Gasteiger charge is 2.49. The van der Waals surface area contributed by atoms with Gasteiger partial charge in [-0.1, -0.05) is 47.0 Å². The number of rotatable bonds is 12. The van der Waals surface area contributed by atoms with Crippen molar-refractivity contribution in [2.75, 3.05) is 6.54 Å². The van der Waals surface area contributed by atoms with Crippen molar-refractivity contribution >= 4 is 35.3 Å². The van der Waals surface area contributed by atoms with E-state index in [9.17, 15) is 28.8 Å². The first-order valence-corrected chi connectivity index (χ1v) is 16.1. The van der Waals surface area contributed by atoms with Gasteiger partial charge in [-0.15, -0.1) is 0 Å².